The maximum Gasteiger partial charge on any atom is 0.317 e. The lowest BCUT2D eigenvalue weighted by Gasteiger charge is -2.55. The van der Waals surface area contributed by atoms with Gasteiger partial charge < -0.3 is 14.8 Å². The molecule has 2 aromatic carbocycles. The minimum Gasteiger partial charge on any atom is -0.466 e. The fourth-order valence-electron chi connectivity index (χ4n) is 4.19. The molecule has 2 bridgehead atoms. The summed E-state index contributed by atoms with van der Waals surface area (Å²) in [7, 11) is 0. The van der Waals surface area contributed by atoms with Crippen LogP contribution in [0.15, 0.2) is 61.2 Å². The Morgan fingerprint density at radius 3 is 2.72 bits per heavy atom. The number of para-hydroxylation sites is 1. The number of rotatable bonds is 5. The zero-order valence-corrected chi connectivity index (χ0v) is 17.4. The number of carbonyl (C=O) groups excluding carboxylic acids is 1. The molecule has 29 heavy (non-hydrogen) atoms. The predicted molar refractivity (Wildman–Crippen MR) is 117 cm³/mol. The second-order valence-electron chi connectivity index (χ2n) is 7.37. The molecule has 6 heteroatoms. The number of esters is 1. The van der Waals surface area contributed by atoms with Crippen molar-refractivity contribution in [2.75, 3.05) is 11.5 Å². The number of carbonyl (C=O) groups is 1. The number of hydrogen-bond acceptors (Lipinski definition) is 4. The number of fused-ring (bicyclic) bond motifs is 4. The lowest BCUT2D eigenvalue weighted by atomic mass is 9.79. The van der Waals surface area contributed by atoms with E-state index in [9.17, 15) is 4.79 Å². The highest BCUT2D eigenvalue weighted by Crippen LogP contribution is 2.49. The van der Waals surface area contributed by atoms with Crippen LogP contribution in [0.1, 0.15) is 31.0 Å². The zero-order chi connectivity index (χ0) is 20.6. The molecule has 0 saturated carbocycles. The smallest absolute Gasteiger partial charge is 0.317 e. The number of aryl methyl sites for hydroxylation is 1. The van der Waals surface area contributed by atoms with E-state index in [1.54, 1.807) is 6.08 Å². The first-order valence-electron chi connectivity index (χ1n) is 9.74. The van der Waals surface area contributed by atoms with Crippen molar-refractivity contribution < 1.29 is 14.3 Å². The molecule has 150 valence electrons. The van der Waals surface area contributed by atoms with E-state index in [-0.39, 0.29) is 18.6 Å². The van der Waals surface area contributed by atoms with Gasteiger partial charge in [0.15, 0.2) is 5.11 Å². The maximum atomic E-state index is 13.1. The minimum atomic E-state index is -1.03. The van der Waals surface area contributed by atoms with Crippen molar-refractivity contribution in [3.63, 3.8) is 0 Å². The highest BCUT2D eigenvalue weighted by atomic mass is 32.1. The summed E-state index contributed by atoms with van der Waals surface area (Å²) in [6.07, 6.45) is 2.51. The first-order valence-corrected chi connectivity index (χ1v) is 10.2. The third kappa shape index (κ3) is 3.17. The van der Waals surface area contributed by atoms with Crippen molar-refractivity contribution >= 4 is 29.0 Å². The topological polar surface area (TPSA) is 50.8 Å². The Labute approximate surface area is 176 Å². The van der Waals surface area contributed by atoms with Gasteiger partial charge in [-0.25, -0.2) is 0 Å². The zero-order valence-electron chi connectivity index (χ0n) is 16.6. The van der Waals surface area contributed by atoms with Crippen LogP contribution in [0.25, 0.3) is 0 Å². The Bertz CT molecular complexity index is 959. The predicted octanol–water partition coefficient (Wildman–Crippen LogP) is 4.14. The van der Waals surface area contributed by atoms with Crippen molar-refractivity contribution in [2.24, 2.45) is 5.92 Å². The molecule has 4 rings (SSSR count). The Morgan fingerprint density at radius 1 is 1.31 bits per heavy atom. The lowest BCUT2D eigenvalue weighted by molar-refractivity contribution is -0.159. The molecule has 1 saturated heterocycles. The average molecular weight is 409 g/mol. The second-order valence-corrected chi connectivity index (χ2v) is 7.76. The van der Waals surface area contributed by atoms with Gasteiger partial charge in [-0.3, -0.25) is 9.69 Å². The highest BCUT2D eigenvalue weighted by Gasteiger charge is 2.59. The third-order valence-corrected chi connectivity index (χ3v) is 5.91. The Kier molecular flexibility index (Phi) is 5.04. The summed E-state index contributed by atoms with van der Waals surface area (Å²) in [5.74, 6) is -0.232. The first-order chi connectivity index (χ1) is 14.0. The Balaban J connectivity index is 1.83. The van der Waals surface area contributed by atoms with Crippen molar-refractivity contribution in [3.05, 3.63) is 72.3 Å². The van der Waals surface area contributed by atoms with Crippen LogP contribution in [0.4, 0.5) is 5.69 Å². The summed E-state index contributed by atoms with van der Waals surface area (Å²) >= 11 is 5.72. The first kappa shape index (κ1) is 19.5. The molecule has 0 amide bonds. The average Bonchev–Trinajstić information content (AvgIpc) is 2.72. The molecule has 0 unspecified atom stereocenters. The van der Waals surface area contributed by atoms with E-state index in [2.05, 4.69) is 31.0 Å². The SMILES string of the molecule is C=CCOC(=O)[C@H]1[C@@H]2NC(=S)N(c3ccc(CC)cc3)[C@@]1(C)Oc1ccccc12. The van der Waals surface area contributed by atoms with Gasteiger partial charge in [0.05, 0.1) is 6.04 Å². The van der Waals surface area contributed by atoms with Gasteiger partial charge in [-0.15, -0.1) is 0 Å². The van der Waals surface area contributed by atoms with Gasteiger partial charge >= 0.3 is 5.97 Å². The minimum absolute atomic E-state index is 0.148. The molecule has 2 aliphatic heterocycles. The van der Waals surface area contributed by atoms with E-state index in [0.29, 0.717) is 5.11 Å². The van der Waals surface area contributed by atoms with Gasteiger partial charge in [-0.2, -0.15) is 0 Å². The fourth-order valence-corrected chi connectivity index (χ4v) is 4.60. The van der Waals surface area contributed by atoms with Gasteiger partial charge in [-0.1, -0.05) is 49.9 Å². The van der Waals surface area contributed by atoms with Crippen LogP contribution in [0.5, 0.6) is 5.75 Å². The molecule has 2 heterocycles. The molecule has 2 aliphatic rings. The van der Waals surface area contributed by atoms with Crippen molar-refractivity contribution in [2.45, 2.75) is 32.0 Å². The number of nitrogens with zero attached hydrogens (tertiary/aromatic N) is 1. The summed E-state index contributed by atoms with van der Waals surface area (Å²) in [5.41, 5.74) is 1.95. The molecule has 3 atom stereocenters. The van der Waals surface area contributed by atoms with Crippen LogP contribution in [0.3, 0.4) is 0 Å². The molecule has 0 aliphatic carbocycles. The monoisotopic (exact) mass is 408 g/mol. The maximum absolute atomic E-state index is 13.1. The molecule has 1 N–H and O–H groups in total. The summed E-state index contributed by atoms with van der Waals surface area (Å²) in [4.78, 5) is 15.0. The fraction of sp³-hybridized carbons (Fsp3) is 0.304. The van der Waals surface area contributed by atoms with Crippen molar-refractivity contribution in [1.29, 1.82) is 0 Å². The van der Waals surface area contributed by atoms with E-state index >= 15 is 0 Å². The number of hydrogen-bond donors (Lipinski definition) is 1. The normalized spacial score (nSPS) is 24.8. The molecular formula is C23H24N2O3S. The van der Waals surface area contributed by atoms with Crippen molar-refractivity contribution in [3.8, 4) is 5.75 Å². The second kappa shape index (κ2) is 7.52. The van der Waals surface area contributed by atoms with E-state index < -0.39 is 11.6 Å². The number of anilines is 1. The summed E-state index contributed by atoms with van der Waals surface area (Å²) in [6.45, 7) is 7.80. The third-order valence-electron chi connectivity index (χ3n) is 5.61. The standard InChI is InChI=1S/C23H24N2O3S/c1-4-14-27-21(26)19-20-17-8-6-7-9-18(17)28-23(19,3)25(22(29)24-20)16-12-10-15(5-2)11-13-16/h4,6-13,19-20H,1,5,14H2,2-3H3,(H,24,29)/t19-,20-,23+/m1/s1. The molecule has 1 fully saturated rings. The largest absolute Gasteiger partial charge is 0.466 e. The van der Waals surface area contributed by atoms with Gasteiger partial charge in [0.25, 0.3) is 0 Å². The summed E-state index contributed by atoms with van der Waals surface area (Å²) in [5, 5.41) is 3.88. The Morgan fingerprint density at radius 2 is 2.03 bits per heavy atom. The number of ether oxygens (including phenoxy) is 2. The molecule has 5 nitrogen and oxygen atoms in total. The summed E-state index contributed by atoms with van der Waals surface area (Å²) in [6, 6.07) is 15.5. The summed E-state index contributed by atoms with van der Waals surface area (Å²) < 4.78 is 11.9. The van der Waals surface area contributed by atoms with E-state index in [4.69, 9.17) is 21.7 Å². The lowest BCUT2D eigenvalue weighted by Crippen LogP contribution is -2.71. The van der Waals surface area contributed by atoms with E-state index in [0.717, 1.165) is 23.4 Å². The van der Waals surface area contributed by atoms with Gasteiger partial charge in [-0.05, 0) is 49.3 Å². The van der Waals surface area contributed by atoms with Crippen LogP contribution < -0.4 is 15.0 Å². The number of thiocarbonyl (C=S) groups is 1. The molecule has 2 aromatic rings. The van der Waals surface area contributed by atoms with Gasteiger partial charge in [0.2, 0.25) is 5.72 Å². The van der Waals surface area contributed by atoms with Gasteiger partial charge in [0.1, 0.15) is 18.3 Å². The quantitative estimate of drug-likeness (QED) is 0.456. The van der Waals surface area contributed by atoms with Crippen LogP contribution in [0.2, 0.25) is 0 Å². The molecule has 0 spiro atoms. The number of benzene rings is 2. The van der Waals surface area contributed by atoms with Crippen LogP contribution in [0, 0.1) is 5.92 Å². The molecule has 0 aromatic heterocycles. The molecular weight excluding hydrogens is 384 g/mol. The van der Waals surface area contributed by atoms with Crippen molar-refractivity contribution in [1.82, 2.24) is 5.32 Å². The van der Waals surface area contributed by atoms with Gasteiger partial charge in [0, 0.05) is 11.3 Å². The van der Waals surface area contributed by atoms with E-state index in [1.165, 1.54) is 5.56 Å². The van der Waals surface area contributed by atoms with Crippen LogP contribution in [-0.4, -0.2) is 23.4 Å². The Hall–Kier alpha value is -2.86. The molecule has 0 radical (unpaired) electrons. The van der Waals surface area contributed by atoms with E-state index in [1.807, 2.05) is 48.2 Å². The van der Waals surface area contributed by atoms with Crippen LogP contribution in [-0.2, 0) is 16.0 Å². The highest BCUT2D eigenvalue weighted by molar-refractivity contribution is 7.80. The number of nitrogens with one attached hydrogen (secondary N) is 1. The van der Waals surface area contributed by atoms with Crippen LogP contribution >= 0.6 is 12.2 Å².